The van der Waals surface area contributed by atoms with Gasteiger partial charge in [0.05, 0.1) is 0 Å². The zero-order chi connectivity index (χ0) is 13.5. The van der Waals surface area contributed by atoms with E-state index in [4.69, 9.17) is 5.73 Å². The van der Waals surface area contributed by atoms with Crippen LogP contribution in [0.1, 0.15) is 26.7 Å². The fourth-order valence-corrected chi connectivity index (χ4v) is 1.86. The summed E-state index contributed by atoms with van der Waals surface area (Å²) in [6.45, 7) is 4.66. The van der Waals surface area contributed by atoms with E-state index in [1.165, 1.54) is 12.1 Å². The number of carbonyl (C=O) groups is 1. The van der Waals surface area contributed by atoms with Crippen LogP contribution < -0.4 is 11.1 Å². The summed E-state index contributed by atoms with van der Waals surface area (Å²) in [4.78, 5) is 15.3. The van der Waals surface area contributed by atoms with Gasteiger partial charge in [-0.25, -0.2) is 4.98 Å². The van der Waals surface area contributed by atoms with Gasteiger partial charge in [-0.15, -0.1) is 0 Å². The summed E-state index contributed by atoms with van der Waals surface area (Å²) in [5.41, 5.74) is 5.63. The highest BCUT2D eigenvalue weighted by Gasteiger charge is 2.14. The molecule has 1 rings (SSSR count). The average Bonchev–Trinajstić information content (AvgIpc) is 2.27. The molecule has 18 heavy (non-hydrogen) atoms. The van der Waals surface area contributed by atoms with Gasteiger partial charge in [0.25, 0.3) is 0 Å². The van der Waals surface area contributed by atoms with Gasteiger partial charge in [0.15, 0.2) is 0 Å². The minimum absolute atomic E-state index is 0.151. The number of carbonyl (C=O) groups excluding carboxylic acids is 1. The number of hydrogen-bond donors (Lipinski definition) is 2. The Morgan fingerprint density at radius 3 is 2.78 bits per heavy atom. The number of nitrogens with two attached hydrogens (primary N) is 1. The van der Waals surface area contributed by atoms with Gasteiger partial charge in [-0.1, -0.05) is 19.9 Å². The average molecular weight is 253 g/mol. The summed E-state index contributed by atoms with van der Waals surface area (Å²) >= 11 is 0. The van der Waals surface area contributed by atoms with E-state index in [1.54, 1.807) is 6.07 Å². The number of nitrogens with zero attached hydrogens (tertiary/aromatic N) is 1. The maximum Gasteiger partial charge on any atom is 0.225 e. The maximum atomic E-state index is 12.8. The lowest BCUT2D eigenvalue weighted by atomic mass is 9.94. The Labute approximate surface area is 107 Å². The second kappa shape index (κ2) is 7.06. The third-order valence-electron chi connectivity index (χ3n) is 2.59. The molecule has 1 atom stereocenters. The van der Waals surface area contributed by atoms with Crippen LogP contribution in [0.3, 0.4) is 0 Å². The molecule has 0 aliphatic rings. The van der Waals surface area contributed by atoms with E-state index >= 15 is 0 Å². The first-order valence-corrected chi connectivity index (χ1v) is 6.13. The minimum Gasteiger partial charge on any atom is -0.330 e. The lowest BCUT2D eigenvalue weighted by molar-refractivity contribution is -0.117. The number of hydrogen-bond acceptors (Lipinski definition) is 3. The van der Waals surface area contributed by atoms with Gasteiger partial charge >= 0.3 is 0 Å². The van der Waals surface area contributed by atoms with Crippen LogP contribution in [0.2, 0.25) is 0 Å². The molecule has 0 aromatic carbocycles. The van der Waals surface area contributed by atoms with Crippen molar-refractivity contribution in [2.45, 2.75) is 26.7 Å². The van der Waals surface area contributed by atoms with Gasteiger partial charge in [-0.2, -0.15) is 4.39 Å². The fourth-order valence-electron chi connectivity index (χ4n) is 1.86. The number of amides is 1. The van der Waals surface area contributed by atoms with Crippen LogP contribution in [0, 0.1) is 17.8 Å². The van der Waals surface area contributed by atoms with E-state index in [2.05, 4.69) is 24.1 Å². The standard InChI is InChI=1S/C13H20FN3O/c1-9(2)6-10(8-15)7-13(18)17-12-5-3-4-11(14)16-12/h3-5,9-10H,6-8,15H2,1-2H3,(H,16,17,18)/t10-/m0/s1. The van der Waals surface area contributed by atoms with Crippen molar-refractivity contribution in [1.29, 1.82) is 0 Å². The van der Waals surface area contributed by atoms with Crippen LogP contribution in [0.25, 0.3) is 0 Å². The molecule has 1 aromatic heterocycles. The topological polar surface area (TPSA) is 68.0 Å². The molecule has 1 aromatic rings. The third kappa shape index (κ3) is 5.23. The van der Waals surface area contributed by atoms with Crippen molar-refractivity contribution in [2.24, 2.45) is 17.6 Å². The van der Waals surface area contributed by atoms with Gasteiger partial charge in [0.2, 0.25) is 11.9 Å². The molecular formula is C13H20FN3O. The largest absolute Gasteiger partial charge is 0.330 e. The first-order valence-electron chi connectivity index (χ1n) is 6.13. The van der Waals surface area contributed by atoms with E-state index in [9.17, 15) is 9.18 Å². The van der Waals surface area contributed by atoms with Crippen molar-refractivity contribution in [2.75, 3.05) is 11.9 Å². The van der Waals surface area contributed by atoms with Crippen molar-refractivity contribution in [3.63, 3.8) is 0 Å². The molecule has 3 N–H and O–H groups in total. The second-order valence-corrected chi connectivity index (χ2v) is 4.83. The van der Waals surface area contributed by atoms with E-state index in [-0.39, 0.29) is 17.6 Å². The molecule has 0 saturated heterocycles. The predicted octanol–water partition coefficient (Wildman–Crippen LogP) is 2.17. The van der Waals surface area contributed by atoms with Crippen molar-refractivity contribution in [3.8, 4) is 0 Å². The quantitative estimate of drug-likeness (QED) is 0.763. The summed E-state index contributed by atoms with van der Waals surface area (Å²) in [6.07, 6.45) is 1.24. The summed E-state index contributed by atoms with van der Waals surface area (Å²) in [6, 6.07) is 4.30. The molecule has 0 aliphatic heterocycles. The smallest absolute Gasteiger partial charge is 0.225 e. The molecule has 1 heterocycles. The Balaban J connectivity index is 2.50. The van der Waals surface area contributed by atoms with Crippen LogP contribution in [0.5, 0.6) is 0 Å². The molecule has 1 amide bonds. The highest BCUT2D eigenvalue weighted by molar-refractivity contribution is 5.89. The molecule has 0 unspecified atom stereocenters. The Bertz CT molecular complexity index is 396. The molecule has 0 bridgehead atoms. The third-order valence-corrected chi connectivity index (χ3v) is 2.59. The van der Waals surface area contributed by atoms with E-state index < -0.39 is 5.95 Å². The molecule has 0 fully saturated rings. The van der Waals surface area contributed by atoms with Gasteiger partial charge in [-0.3, -0.25) is 4.79 Å². The summed E-state index contributed by atoms with van der Waals surface area (Å²) in [7, 11) is 0. The fraction of sp³-hybridized carbons (Fsp3) is 0.538. The van der Waals surface area contributed by atoms with Crippen LogP contribution in [0.4, 0.5) is 10.2 Å². The Morgan fingerprint density at radius 2 is 2.22 bits per heavy atom. The molecule has 5 heteroatoms. The van der Waals surface area contributed by atoms with Crippen LogP contribution in [-0.2, 0) is 4.79 Å². The zero-order valence-corrected chi connectivity index (χ0v) is 10.8. The number of aromatic nitrogens is 1. The van der Waals surface area contributed by atoms with Crippen molar-refractivity contribution in [3.05, 3.63) is 24.1 Å². The molecule has 0 saturated carbocycles. The maximum absolute atomic E-state index is 12.8. The lowest BCUT2D eigenvalue weighted by Gasteiger charge is -2.16. The van der Waals surface area contributed by atoms with Crippen LogP contribution >= 0.6 is 0 Å². The van der Waals surface area contributed by atoms with Gasteiger partial charge < -0.3 is 11.1 Å². The number of rotatable bonds is 6. The van der Waals surface area contributed by atoms with Gasteiger partial charge in [0.1, 0.15) is 5.82 Å². The summed E-state index contributed by atoms with van der Waals surface area (Å²) in [5, 5.41) is 2.58. The number of anilines is 1. The SMILES string of the molecule is CC(C)C[C@H](CN)CC(=O)Nc1cccc(F)n1. The van der Waals surface area contributed by atoms with Crippen LogP contribution in [-0.4, -0.2) is 17.4 Å². The Morgan fingerprint density at radius 1 is 1.50 bits per heavy atom. The first-order chi connectivity index (χ1) is 8.51. The summed E-state index contributed by atoms with van der Waals surface area (Å²) in [5.74, 6) is 0.104. The van der Waals surface area contributed by atoms with E-state index in [0.29, 0.717) is 18.9 Å². The van der Waals surface area contributed by atoms with Crippen molar-refractivity contribution >= 4 is 11.7 Å². The number of halogens is 1. The monoisotopic (exact) mass is 253 g/mol. The molecule has 0 radical (unpaired) electrons. The lowest BCUT2D eigenvalue weighted by Crippen LogP contribution is -2.23. The van der Waals surface area contributed by atoms with Crippen LogP contribution in [0.15, 0.2) is 18.2 Å². The number of pyridine rings is 1. The number of nitrogens with one attached hydrogen (secondary N) is 1. The zero-order valence-electron chi connectivity index (χ0n) is 10.8. The normalized spacial score (nSPS) is 12.5. The van der Waals surface area contributed by atoms with Crippen molar-refractivity contribution < 1.29 is 9.18 Å². The molecule has 0 spiro atoms. The molecule has 4 nitrogen and oxygen atoms in total. The Kier molecular flexibility index (Phi) is 5.71. The minimum atomic E-state index is -0.606. The molecule has 0 aliphatic carbocycles. The highest BCUT2D eigenvalue weighted by Crippen LogP contribution is 2.15. The van der Waals surface area contributed by atoms with E-state index in [0.717, 1.165) is 6.42 Å². The van der Waals surface area contributed by atoms with E-state index in [1.807, 2.05) is 0 Å². The molecule has 100 valence electrons. The summed E-state index contributed by atoms with van der Waals surface area (Å²) < 4.78 is 12.8. The van der Waals surface area contributed by atoms with Gasteiger partial charge in [-0.05, 0) is 36.9 Å². The Hall–Kier alpha value is -1.49. The second-order valence-electron chi connectivity index (χ2n) is 4.83. The highest BCUT2D eigenvalue weighted by atomic mass is 19.1. The predicted molar refractivity (Wildman–Crippen MR) is 69.4 cm³/mol. The first kappa shape index (κ1) is 14.6. The molecular weight excluding hydrogens is 233 g/mol. The van der Waals surface area contributed by atoms with Crippen molar-refractivity contribution in [1.82, 2.24) is 4.98 Å². The van der Waals surface area contributed by atoms with Gasteiger partial charge in [0, 0.05) is 6.42 Å².